The Kier molecular flexibility index (Phi) is 5.48. The second-order valence-corrected chi connectivity index (χ2v) is 5.90. The quantitative estimate of drug-likeness (QED) is 0.908. The van der Waals surface area contributed by atoms with E-state index in [0.29, 0.717) is 22.7 Å². The van der Waals surface area contributed by atoms with E-state index < -0.39 is 0 Å². The summed E-state index contributed by atoms with van der Waals surface area (Å²) in [5.74, 6) is 0. The van der Waals surface area contributed by atoms with Crippen molar-refractivity contribution in [2.24, 2.45) is 5.73 Å². The van der Waals surface area contributed by atoms with Crippen LogP contribution >= 0.6 is 23.2 Å². The van der Waals surface area contributed by atoms with Gasteiger partial charge in [0.1, 0.15) is 0 Å². The minimum atomic E-state index is 0.111. The monoisotopic (exact) mass is 302 g/mol. The third-order valence-electron chi connectivity index (χ3n) is 3.54. The van der Waals surface area contributed by atoms with Gasteiger partial charge < -0.3 is 10.5 Å². The smallest absolute Gasteiger partial charge is 0.0702 e. The first kappa shape index (κ1) is 15.1. The molecule has 3 nitrogen and oxygen atoms in total. The molecule has 0 bridgehead atoms. The predicted molar refractivity (Wildman–Crippen MR) is 79.9 cm³/mol. The van der Waals surface area contributed by atoms with Gasteiger partial charge in [0.15, 0.2) is 0 Å². The minimum Gasteiger partial charge on any atom is -0.377 e. The Balaban J connectivity index is 2.08. The molecule has 19 heavy (non-hydrogen) atoms. The van der Waals surface area contributed by atoms with Crippen molar-refractivity contribution < 1.29 is 4.74 Å². The number of benzene rings is 1. The summed E-state index contributed by atoms with van der Waals surface area (Å²) >= 11 is 12.1. The number of hydrogen-bond donors (Lipinski definition) is 1. The maximum absolute atomic E-state index is 6.06. The number of hydrogen-bond acceptors (Lipinski definition) is 3. The zero-order valence-electron chi connectivity index (χ0n) is 11.1. The van der Waals surface area contributed by atoms with Crippen molar-refractivity contribution in [2.45, 2.75) is 25.0 Å². The molecule has 1 fully saturated rings. The summed E-state index contributed by atoms with van der Waals surface area (Å²) in [4.78, 5) is 2.22. The minimum absolute atomic E-state index is 0.111. The van der Waals surface area contributed by atoms with Crippen LogP contribution in [0.25, 0.3) is 0 Å². The summed E-state index contributed by atoms with van der Waals surface area (Å²) in [7, 11) is 2.06. The molecule has 0 amide bonds. The molecule has 1 saturated heterocycles. The second kappa shape index (κ2) is 6.91. The molecule has 2 atom stereocenters. The van der Waals surface area contributed by atoms with Crippen molar-refractivity contribution in [3.8, 4) is 0 Å². The van der Waals surface area contributed by atoms with Gasteiger partial charge in [0.25, 0.3) is 0 Å². The van der Waals surface area contributed by atoms with Crippen LogP contribution in [-0.2, 0) is 4.74 Å². The van der Waals surface area contributed by atoms with Gasteiger partial charge in [-0.3, -0.25) is 4.90 Å². The molecule has 2 N–H and O–H groups in total. The van der Waals surface area contributed by atoms with Crippen LogP contribution in [0.5, 0.6) is 0 Å². The van der Waals surface area contributed by atoms with Crippen molar-refractivity contribution in [1.29, 1.82) is 0 Å². The highest BCUT2D eigenvalue weighted by Crippen LogP contribution is 2.27. The topological polar surface area (TPSA) is 38.5 Å². The average molecular weight is 303 g/mol. The van der Waals surface area contributed by atoms with Crippen LogP contribution in [0.3, 0.4) is 0 Å². The lowest BCUT2D eigenvalue weighted by Gasteiger charge is -2.29. The Hall–Kier alpha value is -0.320. The van der Waals surface area contributed by atoms with Crippen molar-refractivity contribution in [3.63, 3.8) is 0 Å². The van der Waals surface area contributed by atoms with Gasteiger partial charge in [-0.15, -0.1) is 0 Å². The zero-order valence-corrected chi connectivity index (χ0v) is 12.6. The van der Waals surface area contributed by atoms with Crippen molar-refractivity contribution in [2.75, 3.05) is 26.7 Å². The molecular formula is C14H20Cl2N2O. The predicted octanol–water partition coefficient (Wildman–Crippen LogP) is 3.10. The van der Waals surface area contributed by atoms with Gasteiger partial charge in [0.05, 0.1) is 6.10 Å². The summed E-state index contributed by atoms with van der Waals surface area (Å²) in [6.07, 6.45) is 2.58. The van der Waals surface area contributed by atoms with Crippen LogP contribution in [0.2, 0.25) is 10.0 Å². The molecule has 1 aromatic rings. The first-order valence-corrected chi connectivity index (χ1v) is 7.33. The average Bonchev–Trinajstić information content (AvgIpc) is 2.81. The maximum Gasteiger partial charge on any atom is 0.0702 e. The molecule has 0 aliphatic carbocycles. The van der Waals surface area contributed by atoms with Crippen molar-refractivity contribution in [1.82, 2.24) is 4.90 Å². The summed E-state index contributed by atoms with van der Waals surface area (Å²) in [6, 6.07) is 5.70. The molecule has 1 heterocycles. The number of rotatable bonds is 5. The summed E-state index contributed by atoms with van der Waals surface area (Å²) in [5, 5.41) is 1.29. The Bertz CT molecular complexity index is 402. The number of nitrogens with two attached hydrogens (primary N) is 1. The third kappa shape index (κ3) is 4.07. The fourth-order valence-electron chi connectivity index (χ4n) is 2.57. The highest BCUT2D eigenvalue weighted by molar-refractivity contribution is 6.34. The molecule has 1 aromatic carbocycles. The highest BCUT2D eigenvalue weighted by atomic mass is 35.5. The third-order valence-corrected chi connectivity index (χ3v) is 3.98. The van der Waals surface area contributed by atoms with E-state index in [1.54, 1.807) is 6.07 Å². The van der Waals surface area contributed by atoms with Crippen molar-refractivity contribution in [3.05, 3.63) is 33.8 Å². The Morgan fingerprint density at radius 2 is 2.05 bits per heavy atom. The normalized spacial score (nSPS) is 21.0. The summed E-state index contributed by atoms with van der Waals surface area (Å²) in [6.45, 7) is 2.28. The lowest BCUT2D eigenvalue weighted by atomic mass is 10.1. The van der Waals surface area contributed by atoms with Gasteiger partial charge in [0.2, 0.25) is 0 Å². The second-order valence-electron chi connectivity index (χ2n) is 5.03. The fourth-order valence-corrected chi connectivity index (χ4v) is 3.12. The molecule has 0 saturated carbocycles. The van der Waals surface area contributed by atoms with Gasteiger partial charge in [-0.2, -0.15) is 0 Å². The van der Waals surface area contributed by atoms with Crippen LogP contribution in [0, 0.1) is 0 Å². The Morgan fingerprint density at radius 3 is 2.58 bits per heavy atom. The molecule has 0 spiro atoms. The zero-order chi connectivity index (χ0) is 13.8. The molecule has 1 aliphatic heterocycles. The van der Waals surface area contributed by atoms with Gasteiger partial charge in [-0.05, 0) is 43.7 Å². The van der Waals surface area contributed by atoms with Crippen LogP contribution in [0.4, 0.5) is 0 Å². The van der Waals surface area contributed by atoms with Crippen LogP contribution in [-0.4, -0.2) is 37.7 Å². The SMILES string of the molecule is CN(CC1CCCO1)C(CN)c1cc(Cl)cc(Cl)c1. The Morgan fingerprint density at radius 1 is 1.37 bits per heavy atom. The molecule has 2 unspecified atom stereocenters. The van der Waals surface area contributed by atoms with E-state index in [2.05, 4.69) is 11.9 Å². The molecule has 106 valence electrons. The van der Waals surface area contributed by atoms with E-state index in [-0.39, 0.29) is 6.04 Å². The number of halogens is 2. The van der Waals surface area contributed by atoms with Gasteiger partial charge in [-0.25, -0.2) is 0 Å². The van der Waals surface area contributed by atoms with E-state index >= 15 is 0 Å². The lowest BCUT2D eigenvalue weighted by molar-refractivity contribution is 0.0689. The van der Waals surface area contributed by atoms with E-state index in [1.807, 2.05) is 12.1 Å². The molecule has 0 radical (unpaired) electrons. The van der Waals surface area contributed by atoms with E-state index in [9.17, 15) is 0 Å². The van der Waals surface area contributed by atoms with Crippen molar-refractivity contribution >= 4 is 23.2 Å². The van der Waals surface area contributed by atoms with Gasteiger partial charge in [-0.1, -0.05) is 23.2 Å². The highest BCUT2D eigenvalue weighted by Gasteiger charge is 2.22. The molecule has 5 heteroatoms. The largest absolute Gasteiger partial charge is 0.377 e. The van der Waals surface area contributed by atoms with E-state index in [4.69, 9.17) is 33.7 Å². The number of nitrogens with zero attached hydrogens (tertiary/aromatic N) is 1. The summed E-state index contributed by atoms with van der Waals surface area (Å²) in [5.41, 5.74) is 6.97. The number of ether oxygens (including phenoxy) is 1. The van der Waals surface area contributed by atoms with Gasteiger partial charge in [0, 0.05) is 35.8 Å². The summed E-state index contributed by atoms with van der Waals surface area (Å²) < 4.78 is 5.67. The standard InChI is InChI=1S/C14H20Cl2N2O/c1-18(9-13-3-2-4-19-13)14(8-17)10-5-11(15)7-12(16)6-10/h5-7,13-14H,2-4,8-9,17H2,1H3. The lowest BCUT2D eigenvalue weighted by Crippen LogP contribution is -2.36. The number of likely N-dealkylation sites (N-methyl/N-ethyl adjacent to an activating group) is 1. The molecule has 0 aromatic heterocycles. The van der Waals surface area contributed by atoms with Gasteiger partial charge >= 0.3 is 0 Å². The molecular weight excluding hydrogens is 283 g/mol. The maximum atomic E-state index is 6.06. The van der Waals surface area contributed by atoms with Crippen LogP contribution in [0.1, 0.15) is 24.4 Å². The van der Waals surface area contributed by atoms with E-state index in [0.717, 1.165) is 31.6 Å². The van der Waals surface area contributed by atoms with Crippen LogP contribution in [0.15, 0.2) is 18.2 Å². The fraction of sp³-hybridized carbons (Fsp3) is 0.571. The first-order chi connectivity index (χ1) is 9.10. The first-order valence-electron chi connectivity index (χ1n) is 6.58. The molecule has 2 rings (SSSR count). The van der Waals surface area contributed by atoms with Crippen LogP contribution < -0.4 is 5.73 Å². The Labute approximate surface area is 124 Å². The molecule has 1 aliphatic rings. The van der Waals surface area contributed by atoms with E-state index in [1.165, 1.54) is 0 Å².